The summed E-state index contributed by atoms with van der Waals surface area (Å²) in [5, 5.41) is 19.7. The van der Waals surface area contributed by atoms with Crippen molar-refractivity contribution in [2.75, 3.05) is 0 Å². The van der Waals surface area contributed by atoms with Crippen LogP contribution in [0.5, 0.6) is 0 Å². The Labute approximate surface area is 110 Å². The molecule has 0 bridgehead atoms. The third kappa shape index (κ3) is 5.67. The van der Waals surface area contributed by atoms with Crippen molar-refractivity contribution in [3.8, 4) is 0 Å². The third-order valence-electron chi connectivity index (χ3n) is 2.49. The molecule has 0 saturated carbocycles. The lowest BCUT2D eigenvalue weighted by atomic mass is 10.1. The number of hydrogen-bond donors (Lipinski definition) is 3. The van der Waals surface area contributed by atoms with Crippen LogP contribution in [-0.4, -0.2) is 34.1 Å². The molecule has 0 fully saturated rings. The smallest absolute Gasteiger partial charge is 0.326 e. The van der Waals surface area contributed by atoms with Crippen LogP contribution in [-0.2, 0) is 20.8 Å². The summed E-state index contributed by atoms with van der Waals surface area (Å²) in [6, 6.07) is 7.71. The summed E-state index contributed by atoms with van der Waals surface area (Å²) >= 11 is 0. The summed E-state index contributed by atoms with van der Waals surface area (Å²) in [5.74, 6) is -2.77. The first-order valence-electron chi connectivity index (χ1n) is 5.77. The lowest BCUT2D eigenvalue weighted by Gasteiger charge is -2.13. The summed E-state index contributed by atoms with van der Waals surface area (Å²) in [4.78, 5) is 32.9. The minimum Gasteiger partial charge on any atom is -0.481 e. The predicted octanol–water partition coefficient (Wildman–Crippen LogP) is 0.663. The van der Waals surface area contributed by atoms with Gasteiger partial charge < -0.3 is 15.5 Å². The van der Waals surface area contributed by atoms with E-state index in [1.54, 1.807) is 24.3 Å². The molecule has 0 radical (unpaired) electrons. The maximum absolute atomic E-state index is 11.7. The van der Waals surface area contributed by atoms with Gasteiger partial charge in [0.2, 0.25) is 5.91 Å². The van der Waals surface area contributed by atoms with Crippen molar-refractivity contribution >= 4 is 17.8 Å². The van der Waals surface area contributed by atoms with E-state index < -0.39 is 23.9 Å². The third-order valence-corrected chi connectivity index (χ3v) is 2.49. The van der Waals surface area contributed by atoms with Gasteiger partial charge in [-0.05, 0) is 12.0 Å². The van der Waals surface area contributed by atoms with Gasteiger partial charge in [-0.3, -0.25) is 9.59 Å². The normalized spacial score (nSPS) is 11.6. The lowest BCUT2D eigenvalue weighted by molar-refractivity contribution is -0.143. The van der Waals surface area contributed by atoms with E-state index in [9.17, 15) is 14.4 Å². The van der Waals surface area contributed by atoms with Gasteiger partial charge in [0.25, 0.3) is 0 Å². The van der Waals surface area contributed by atoms with E-state index in [1.807, 2.05) is 6.07 Å². The van der Waals surface area contributed by atoms with Crippen molar-refractivity contribution < 1.29 is 24.6 Å². The maximum atomic E-state index is 11.7. The Bertz CT molecular complexity index is 457. The zero-order valence-electron chi connectivity index (χ0n) is 10.2. The molecule has 1 amide bonds. The van der Waals surface area contributed by atoms with Gasteiger partial charge in [-0.2, -0.15) is 0 Å². The molecule has 0 heterocycles. The molecule has 0 aromatic heterocycles. The Morgan fingerprint density at radius 3 is 2.26 bits per heavy atom. The van der Waals surface area contributed by atoms with Crippen LogP contribution >= 0.6 is 0 Å². The molecular weight excluding hydrogens is 250 g/mol. The van der Waals surface area contributed by atoms with Gasteiger partial charge in [-0.1, -0.05) is 30.3 Å². The number of carboxylic acids is 2. The molecule has 102 valence electrons. The molecule has 0 aliphatic rings. The van der Waals surface area contributed by atoms with Crippen molar-refractivity contribution in [1.82, 2.24) is 5.32 Å². The molecule has 19 heavy (non-hydrogen) atoms. The van der Waals surface area contributed by atoms with Gasteiger partial charge in [0, 0.05) is 6.42 Å². The number of aliphatic carboxylic acids is 2. The van der Waals surface area contributed by atoms with E-state index in [4.69, 9.17) is 10.2 Å². The van der Waals surface area contributed by atoms with E-state index >= 15 is 0 Å². The second-order valence-corrected chi connectivity index (χ2v) is 4.05. The van der Waals surface area contributed by atoms with Crippen LogP contribution in [0.1, 0.15) is 18.4 Å². The van der Waals surface area contributed by atoms with E-state index in [0.717, 1.165) is 5.56 Å². The van der Waals surface area contributed by atoms with Crippen LogP contribution in [0.25, 0.3) is 0 Å². The number of carbonyl (C=O) groups excluding carboxylic acids is 1. The average molecular weight is 265 g/mol. The summed E-state index contributed by atoms with van der Waals surface area (Å²) in [6.45, 7) is 0. The highest BCUT2D eigenvalue weighted by molar-refractivity contribution is 5.85. The number of nitrogens with one attached hydrogen (secondary N) is 1. The number of rotatable bonds is 7. The van der Waals surface area contributed by atoms with Gasteiger partial charge in [0.1, 0.15) is 6.04 Å². The molecule has 6 heteroatoms. The second kappa shape index (κ2) is 7.15. The lowest BCUT2D eigenvalue weighted by Crippen LogP contribution is -2.41. The van der Waals surface area contributed by atoms with Gasteiger partial charge in [0.05, 0.1) is 6.42 Å². The monoisotopic (exact) mass is 265 g/mol. The highest BCUT2D eigenvalue weighted by Crippen LogP contribution is 2.02. The first kappa shape index (κ1) is 14.7. The Kier molecular flexibility index (Phi) is 5.53. The zero-order valence-corrected chi connectivity index (χ0v) is 10.2. The molecule has 0 aliphatic carbocycles. The first-order chi connectivity index (χ1) is 8.99. The first-order valence-corrected chi connectivity index (χ1v) is 5.77. The van der Waals surface area contributed by atoms with Gasteiger partial charge in [-0.25, -0.2) is 4.79 Å². The highest BCUT2D eigenvalue weighted by atomic mass is 16.4. The Morgan fingerprint density at radius 2 is 1.74 bits per heavy atom. The fourth-order valence-corrected chi connectivity index (χ4v) is 1.55. The second-order valence-electron chi connectivity index (χ2n) is 4.05. The molecule has 0 saturated heterocycles. The number of amides is 1. The van der Waals surface area contributed by atoms with Crippen molar-refractivity contribution in [3.63, 3.8) is 0 Å². The Balaban J connectivity index is 2.52. The van der Waals surface area contributed by atoms with Gasteiger partial charge in [0.15, 0.2) is 0 Å². The SMILES string of the molecule is O=C(O)CC[C@@H](NC(=O)Cc1ccccc1)C(=O)O. The number of carbonyl (C=O) groups is 3. The molecule has 0 spiro atoms. The highest BCUT2D eigenvalue weighted by Gasteiger charge is 2.20. The summed E-state index contributed by atoms with van der Waals surface area (Å²) in [6.07, 6.45) is -0.370. The van der Waals surface area contributed by atoms with E-state index in [-0.39, 0.29) is 19.3 Å². The minimum absolute atomic E-state index is 0.0672. The Hall–Kier alpha value is -2.37. The fourth-order valence-electron chi connectivity index (χ4n) is 1.55. The van der Waals surface area contributed by atoms with Crippen LogP contribution in [0.15, 0.2) is 30.3 Å². The van der Waals surface area contributed by atoms with Crippen LogP contribution in [0, 0.1) is 0 Å². The number of carboxylic acid groups (broad SMARTS) is 2. The van der Waals surface area contributed by atoms with E-state index in [2.05, 4.69) is 5.32 Å². The van der Waals surface area contributed by atoms with Gasteiger partial charge >= 0.3 is 11.9 Å². The largest absolute Gasteiger partial charge is 0.481 e. The number of benzene rings is 1. The van der Waals surface area contributed by atoms with Crippen molar-refractivity contribution in [3.05, 3.63) is 35.9 Å². The number of hydrogen-bond acceptors (Lipinski definition) is 3. The van der Waals surface area contributed by atoms with Crippen LogP contribution in [0.4, 0.5) is 0 Å². The van der Waals surface area contributed by atoms with Crippen molar-refractivity contribution in [2.45, 2.75) is 25.3 Å². The van der Waals surface area contributed by atoms with E-state index in [0.29, 0.717) is 0 Å². The molecule has 0 unspecified atom stereocenters. The fraction of sp³-hybridized carbons (Fsp3) is 0.308. The van der Waals surface area contributed by atoms with Crippen molar-refractivity contribution in [1.29, 1.82) is 0 Å². The molecule has 3 N–H and O–H groups in total. The molecule has 1 aromatic carbocycles. The van der Waals surface area contributed by atoms with Crippen LogP contribution in [0.2, 0.25) is 0 Å². The predicted molar refractivity (Wildman–Crippen MR) is 66.6 cm³/mol. The Morgan fingerprint density at radius 1 is 1.11 bits per heavy atom. The molecule has 1 atom stereocenters. The van der Waals surface area contributed by atoms with Crippen LogP contribution < -0.4 is 5.32 Å². The van der Waals surface area contributed by atoms with Crippen LogP contribution in [0.3, 0.4) is 0 Å². The molecular formula is C13H15NO5. The molecule has 6 nitrogen and oxygen atoms in total. The standard InChI is InChI=1S/C13H15NO5/c15-11(8-9-4-2-1-3-5-9)14-10(13(18)19)6-7-12(16)17/h1-5,10H,6-8H2,(H,14,15)(H,16,17)(H,18,19)/t10-/m1/s1. The average Bonchev–Trinajstić information content (AvgIpc) is 2.35. The summed E-state index contributed by atoms with van der Waals surface area (Å²) < 4.78 is 0. The quantitative estimate of drug-likeness (QED) is 0.672. The maximum Gasteiger partial charge on any atom is 0.326 e. The van der Waals surface area contributed by atoms with Gasteiger partial charge in [-0.15, -0.1) is 0 Å². The van der Waals surface area contributed by atoms with Crippen molar-refractivity contribution in [2.24, 2.45) is 0 Å². The molecule has 1 aromatic rings. The summed E-state index contributed by atoms with van der Waals surface area (Å²) in [7, 11) is 0. The molecule has 0 aliphatic heterocycles. The summed E-state index contributed by atoms with van der Waals surface area (Å²) in [5.41, 5.74) is 0.766. The molecule has 1 rings (SSSR count). The van der Waals surface area contributed by atoms with E-state index in [1.165, 1.54) is 0 Å². The topological polar surface area (TPSA) is 104 Å². The zero-order chi connectivity index (χ0) is 14.3. The minimum atomic E-state index is -1.23.